The van der Waals surface area contributed by atoms with E-state index in [0.717, 1.165) is 27.8 Å². The lowest BCUT2D eigenvalue weighted by molar-refractivity contribution is 0.117. The number of ether oxygens (including phenoxy) is 1. The van der Waals surface area contributed by atoms with Crippen LogP contribution in [0.3, 0.4) is 0 Å². The topological polar surface area (TPSA) is 29.5 Å². The first kappa shape index (κ1) is 15.1. The van der Waals surface area contributed by atoms with Crippen molar-refractivity contribution < 1.29 is 9.84 Å². The molecule has 3 heteroatoms. The van der Waals surface area contributed by atoms with E-state index in [1.807, 2.05) is 48.5 Å². The smallest absolute Gasteiger partial charge is 0.122 e. The van der Waals surface area contributed by atoms with Gasteiger partial charge in [-0.25, -0.2) is 0 Å². The normalized spacial score (nSPS) is 13.8. The summed E-state index contributed by atoms with van der Waals surface area (Å²) >= 11 is 3.48. The van der Waals surface area contributed by atoms with Gasteiger partial charge in [0.05, 0.1) is 13.2 Å². The average Bonchev–Trinajstić information content (AvgIpc) is 2.47. The van der Waals surface area contributed by atoms with Crippen molar-refractivity contribution in [3.8, 4) is 5.75 Å². The van der Waals surface area contributed by atoms with Gasteiger partial charge in [0.15, 0.2) is 0 Å². The van der Waals surface area contributed by atoms with Crippen LogP contribution in [0.15, 0.2) is 53.0 Å². The van der Waals surface area contributed by atoms with E-state index in [9.17, 15) is 5.11 Å². The van der Waals surface area contributed by atoms with Gasteiger partial charge in [-0.05, 0) is 41.7 Å². The summed E-state index contributed by atoms with van der Waals surface area (Å²) in [6, 6.07) is 15.7. The van der Waals surface area contributed by atoms with Crippen molar-refractivity contribution in [3.05, 3.63) is 64.1 Å². The van der Waals surface area contributed by atoms with Crippen molar-refractivity contribution in [2.75, 3.05) is 7.11 Å². The van der Waals surface area contributed by atoms with Crippen molar-refractivity contribution in [2.24, 2.45) is 5.92 Å². The molecule has 0 aliphatic carbocycles. The lowest BCUT2D eigenvalue weighted by atomic mass is 9.91. The van der Waals surface area contributed by atoms with Crippen molar-refractivity contribution in [1.29, 1.82) is 0 Å². The molecule has 2 unspecified atom stereocenters. The minimum Gasteiger partial charge on any atom is -0.496 e. The highest BCUT2D eigenvalue weighted by molar-refractivity contribution is 9.10. The van der Waals surface area contributed by atoms with Crippen LogP contribution in [0.25, 0.3) is 0 Å². The van der Waals surface area contributed by atoms with E-state index in [1.54, 1.807) is 7.11 Å². The van der Waals surface area contributed by atoms with Crippen LogP contribution in [0.5, 0.6) is 5.75 Å². The first-order valence-electron chi connectivity index (χ1n) is 6.67. The molecular weight excluding hydrogens is 316 g/mol. The van der Waals surface area contributed by atoms with E-state index in [-0.39, 0.29) is 5.92 Å². The highest BCUT2D eigenvalue weighted by Crippen LogP contribution is 2.30. The Bertz CT molecular complexity index is 554. The Morgan fingerprint density at radius 2 is 1.85 bits per heavy atom. The van der Waals surface area contributed by atoms with Crippen molar-refractivity contribution in [2.45, 2.75) is 19.4 Å². The monoisotopic (exact) mass is 334 g/mol. The molecule has 2 rings (SSSR count). The van der Waals surface area contributed by atoms with Crippen LogP contribution in [0.2, 0.25) is 0 Å². The molecule has 0 bridgehead atoms. The zero-order valence-electron chi connectivity index (χ0n) is 11.7. The largest absolute Gasteiger partial charge is 0.496 e. The van der Waals surface area contributed by atoms with Crippen molar-refractivity contribution in [3.63, 3.8) is 0 Å². The van der Waals surface area contributed by atoms with Gasteiger partial charge in [-0.1, -0.05) is 53.2 Å². The summed E-state index contributed by atoms with van der Waals surface area (Å²) in [6.45, 7) is 2.05. The molecule has 20 heavy (non-hydrogen) atoms. The Morgan fingerprint density at radius 3 is 2.50 bits per heavy atom. The van der Waals surface area contributed by atoms with Crippen molar-refractivity contribution in [1.82, 2.24) is 0 Å². The first-order chi connectivity index (χ1) is 9.61. The Balaban J connectivity index is 2.15. The number of benzene rings is 2. The van der Waals surface area contributed by atoms with Crippen LogP contribution >= 0.6 is 15.9 Å². The van der Waals surface area contributed by atoms with Gasteiger partial charge < -0.3 is 9.84 Å². The van der Waals surface area contributed by atoms with Gasteiger partial charge in [0.1, 0.15) is 5.75 Å². The molecule has 2 atom stereocenters. The molecule has 0 spiro atoms. The zero-order chi connectivity index (χ0) is 14.5. The quantitative estimate of drug-likeness (QED) is 0.879. The summed E-state index contributed by atoms with van der Waals surface area (Å²) in [5.41, 5.74) is 2.05. The fourth-order valence-corrected chi connectivity index (χ4v) is 2.75. The molecule has 0 fully saturated rings. The average molecular weight is 335 g/mol. The van der Waals surface area contributed by atoms with Gasteiger partial charge in [0, 0.05) is 4.47 Å². The Labute approximate surface area is 128 Å². The van der Waals surface area contributed by atoms with E-state index in [1.165, 1.54) is 0 Å². The fraction of sp³-hybridized carbons (Fsp3) is 0.294. The van der Waals surface area contributed by atoms with E-state index in [4.69, 9.17) is 4.74 Å². The van der Waals surface area contributed by atoms with Crippen LogP contribution in [0, 0.1) is 5.92 Å². The summed E-state index contributed by atoms with van der Waals surface area (Å²) in [4.78, 5) is 0. The molecule has 106 valence electrons. The molecule has 0 radical (unpaired) electrons. The van der Waals surface area contributed by atoms with E-state index in [2.05, 4.69) is 22.9 Å². The molecule has 0 aliphatic rings. The highest BCUT2D eigenvalue weighted by Gasteiger charge is 2.18. The lowest BCUT2D eigenvalue weighted by Gasteiger charge is -2.20. The summed E-state index contributed by atoms with van der Waals surface area (Å²) in [5, 5.41) is 10.4. The molecular formula is C17H19BrO2. The molecule has 0 heterocycles. The summed E-state index contributed by atoms with van der Waals surface area (Å²) in [7, 11) is 1.67. The zero-order valence-corrected chi connectivity index (χ0v) is 13.3. The predicted octanol–water partition coefficient (Wildman–Crippen LogP) is 4.37. The molecule has 0 saturated carbocycles. The second kappa shape index (κ2) is 6.91. The maximum Gasteiger partial charge on any atom is 0.122 e. The number of hydrogen-bond acceptors (Lipinski definition) is 2. The number of hydrogen-bond donors (Lipinski definition) is 1. The molecule has 1 N–H and O–H groups in total. The number of halogens is 1. The molecule has 0 aromatic heterocycles. The van der Waals surface area contributed by atoms with Crippen LogP contribution in [-0.4, -0.2) is 12.2 Å². The maximum absolute atomic E-state index is 10.4. The lowest BCUT2D eigenvalue weighted by Crippen LogP contribution is -2.12. The van der Waals surface area contributed by atoms with Crippen LogP contribution < -0.4 is 4.74 Å². The molecule has 0 amide bonds. The number of aliphatic hydroxyl groups is 1. The maximum atomic E-state index is 10.4. The van der Waals surface area contributed by atoms with Crippen molar-refractivity contribution >= 4 is 15.9 Å². The minimum atomic E-state index is -0.472. The van der Waals surface area contributed by atoms with Gasteiger partial charge in [-0.3, -0.25) is 0 Å². The third-order valence-corrected chi connectivity index (χ3v) is 3.96. The Morgan fingerprint density at radius 1 is 1.15 bits per heavy atom. The van der Waals surface area contributed by atoms with Crippen LogP contribution in [0.4, 0.5) is 0 Å². The van der Waals surface area contributed by atoms with Gasteiger partial charge in [0.25, 0.3) is 0 Å². The van der Waals surface area contributed by atoms with E-state index >= 15 is 0 Å². The van der Waals surface area contributed by atoms with E-state index in [0.29, 0.717) is 0 Å². The SMILES string of the molecule is COc1ccc(Br)cc1CC(C)C(O)c1ccccc1. The number of aliphatic hydroxyl groups excluding tert-OH is 1. The molecule has 0 saturated heterocycles. The number of rotatable bonds is 5. The Hall–Kier alpha value is -1.32. The van der Waals surface area contributed by atoms with Gasteiger partial charge in [-0.15, -0.1) is 0 Å². The van der Waals surface area contributed by atoms with Gasteiger partial charge in [0.2, 0.25) is 0 Å². The molecule has 2 aromatic carbocycles. The Kier molecular flexibility index (Phi) is 5.21. The summed E-state index contributed by atoms with van der Waals surface area (Å²) < 4.78 is 6.41. The third kappa shape index (κ3) is 3.62. The van der Waals surface area contributed by atoms with Crippen LogP contribution in [0.1, 0.15) is 24.2 Å². The van der Waals surface area contributed by atoms with Gasteiger partial charge >= 0.3 is 0 Å². The number of methoxy groups -OCH3 is 1. The summed E-state index contributed by atoms with van der Waals surface area (Å²) in [5.74, 6) is 0.973. The predicted molar refractivity (Wildman–Crippen MR) is 85.0 cm³/mol. The summed E-state index contributed by atoms with van der Waals surface area (Å²) in [6.07, 6.45) is 0.290. The molecule has 0 aliphatic heterocycles. The molecule has 2 nitrogen and oxygen atoms in total. The standard InChI is InChI=1S/C17H19BrO2/c1-12(17(19)13-6-4-3-5-7-13)10-14-11-15(18)8-9-16(14)20-2/h3-9,11-12,17,19H,10H2,1-2H3. The third-order valence-electron chi connectivity index (χ3n) is 3.46. The molecule has 2 aromatic rings. The van der Waals surface area contributed by atoms with Gasteiger partial charge in [-0.2, -0.15) is 0 Å². The first-order valence-corrected chi connectivity index (χ1v) is 7.46. The fourth-order valence-electron chi connectivity index (χ4n) is 2.34. The van der Waals surface area contributed by atoms with E-state index < -0.39 is 6.10 Å². The second-order valence-electron chi connectivity index (χ2n) is 4.99. The highest BCUT2D eigenvalue weighted by atomic mass is 79.9. The second-order valence-corrected chi connectivity index (χ2v) is 5.91. The van der Waals surface area contributed by atoms with Crippen LogP contribution in [-0.2, 0) is 6.42 Å². The minimum absolute atomic E-state index is 0.112.